The van der Waals surface area contributed by atoms with Crippen molar-refractivity contribution in [2.24, 2.45) is 0 Å². The van der Waals surface area contributed by atoms with Gasteiger partial charge in [0.15, 0.2) is 5.09 Å². The second-order valence-electron chi connectivity index (χ2n) is 3.27. The van der Waals surface area contributed by atoms with Crippen LogP contribution in [0.1, 0.15) is 21.3 Å². The first kappa shape index (κ1) is 12.0. The molecule has 0 saturated heterocycles. The fourth-order valence-electron chi connectivity index (χ4n) is 1.24. The zero-order valence-corrected chi connectivity index (χ0v) is 10.5. The van der Waals surface area contributed by atoms with Gasteiger partial charge in [0.05, 0.1) is 27.3 Å². The zero-order valence-electron chi connectivity index (χ0n) is 8.87. The second kappa shape index (κ2) is 4.80. The largest absolute Gasteiger partial charge is 0.475 e. The van der Waals surface area contributed by atoms with Crippen LogP contribution in [-0.2, 0) is 16.6 Å². The third-order valence-electron chi connectivity index (χ3n) is 1.96. The summed E-state index contributed by atoms with van der Waals surface area (Å²) in [6.45, 7) is 1.87. The van der Waals surface area contributed by atoms with Crippen molar-refractivity contribution in [3.05, 3.63) is 34.0 Å². The summed E-state index contributed by atoms with van der Waals surface area (Å²) in [5.41, 5.74) is 0.721. The van der Waals surface area contributed by atoms with Crippen molar-refractivity contribution in [3.8, 4) is 0 Å². The summed E-state index contributed by atoms with van der Waals surface area (Å²) in [6.07, 6.45) is 0. The van der Waals surface area contributed by atoms with Gasteiger partial charge in [-0.3, -0.25) is 4.21 Å². The van der Waals surface area contributed by atoms with Gasteiger partial charge < -0.3 is 9.52 Å². The molecule has 5 nitrogen and oxygen atoms in total. The number of carboxylic acid groups (broad SMARTS) is 1. The number of aromatic carboxylic acids is 1. The molecule has 17 heavy (non-hydrogen) atoms. The van der Waals surface area contributed by atoms with Crippen LogP contribution < -0.4 is 0 Å². The van der Waals surface area contributed by atoms with Gasteiger partial charge in [0.25, 0.3) is 0 Å². The van der Waals surface area contributed by atoms with E-state index in [0.29, 0.717) is 0 Å². The van der Waals surface area contributed by atoms with Crippen LogP contribution in [0.25, 0.3) is 0 Å². The normalized spacial score (nSPS) is 12.5. The minimum Gasteiger partial charge on any atom is -0.475 e. The van der Waals surface area contributed by atoms with Crippen LogP contribution in [0, 0.1) is 6.92 Å². The summed E-state index contributed by atoms with van der Waals surface area (Å²) in [5, 5.41) is 11.6. The van der Waals surface area contributed by atoms with Crippen molar-refractivity contribution < 1.29 is 18.5 Å². The standard InChI is InChI=1S/C10H9NO4S2/c1-6-11-7(4-16-6)5-17(14)9-3-2-8(15-9)10(12)13/h2-4H,5H2,1H3,(H,12,13). The predicted molar refractivity (Wildman–Crippen MR) is 62.6 cm³/mol. The van der Waals surface area contributed by atoms with E-state index in [0.717, 1.165) is 10.7 Å². The van der Waals surface area contributed by atoms with E-state index in [9.17, 15) is 9.00 Å². The van der Waals surface area contributed by atoms with E-state index >= 15 is 0 Å². The van der Waals surface area contributed by atoms with Gasteiger partial charge in [-0.15, -0.1) is 11.3 Å². The number of aromatic nitrogens is 1. The molecule has 0 spiro atoms. The topological polar surface area (TPSA) is 80.4 Å². The van der Waals surface area contributed by atoms with Crippen molar-refractivity contribution in [2.75, 3.05) is 0 Å². The lowest BCUT2D eigenvalue weighted by atomic mass is 10.5. The fraction of sp³-hybridized carbons (Fsp3) is 0.200. The van der Waals surface area contributed by atoms with Crippen molar-refractivity contribution in [3.63, 3.8) is 0 Å². The number of thiazole rings is 1. The van der Waals surface area contributed by atoms with E-state index in [1.807, 2.05) is 12.3 Å². The Morgan fingerprint density at radius 1 is 1.59 bits per heavy atom. The molecule has 0 aliphatic rings. The molecular formula is C10H9NO4S2. The van der Waals surface area contributed by atoms with Crippen LogP contribution >= 0.6 is 11.3 Å². The number of hydrogen-bond donors (Lipinski definition) is 1. The lowest BCUT2D eigenvalue weighted by Gasteiger charge is -1.94. The lowest BCUT2D eigenvalue weighted by molar-refractivity contribution is 0.0656. The molecule has 0 saturated carbocycles. The summed E-state index contributed by atoms with van der Waals surface area (Å²) < 4.78 is 16.8. The maximum Gasteiger partial charge on any atom is 0.371 e. The smallest absolute Gasteiger partial charge is 0.371 e. The molecule has 2 aromatic rings. The molecule has 1 unspecified atom stereocenters. The maximum absolute atomic E-state index is 11.8. The highest BCUT2D eigenvalue weighted by atomic mass is 32.2. The predicted octanol–water partition coefficient (Wildman–Crippen LogP) is 2.05. The number of nitrogens with zero attached hydrogens (tertiary/aromatic N) is 1. The molecule has 2 heterocycles. The SMILES string of the molecule is Cc1nc(CS(=O)c2ccc(C(=O)O)o2)cs1. The highest BCUT2D eigenvalue weighted by Gasteiger charge is 2.14. The van der Waals surface area contributed by atoms with E-state index < -0.39 is 16.8 Å². The highest BCUT2D eigenvalue weighted by Crippen LogP contribution is 2.17. The van der Waals surface area contributed by atoms with Crippen molar-refractivity contribution in [1.29, 1.82) is 0 Å². The average molecular weight is 271 g/mol. The molecule has 0 aliphatic carbocycles. The molecule has 0 fully saturated rings. The van der Waals surface area contributed by atoms with E-state index in [4.69, 9.17) is 9.52 Å². The Kier molecular flexibility index (Phi) is 3.39. The Morgan fingerprint density at radius 2 is 2.35 bits per heavy atom. The maximum atomic E-state index is 11.8. The quantitative estimate of drug-likeness (QED) is 0.920. The Bertz CT molecular complexity index is 572. The van der Waals surface area contributed by atoms with Crippen molar-refractivity contribution >= 4 is 28.1 Å². The molecule has 1 atom stereocenters. The van der Waals surface area contributed by atoms with Gasteiger partial charge >= 0.3 is 5.97 Å². The van der Waals surface area contributed by atoms with E-state index in [1.165, 1.54) is 23.5 Å². The third kappa shape index (κ3) is 2.80. The number of furan rings is 1. The van der Waals surface area contributed by atoms with Gasteiger partial charge in [0, 0.05) is 5.38 Å². The van der Waals surface area contributed by atoms with Gasteiger partial charge in [-0.1, -0.05) is 0 Å². The first-order valence-corrected chi connectivity index (χ1v) is 6.88. The monoisotopic (exact) mass is 271 g/mol. The molecule has 7 heteroatoms. The van der Waals surface area contributed by atoms with Gasteiger partial charge in [-0.25, -0.2) is 9.78 Å². The molecule has 0 bridgehead atoms. The zero-order chi connectivity index (χ0) is 12.4. The van der Waals surface area contributed by atoms with Crippen LogP contribution in [0.5, 0.6) is 0 Å². The fourth-order valence-corrected chi connectivity index (χ4v) is 2.92. The molecule has 2 aromatic heterocycles. The number of hydrogen-bond acceptors (Lipinski definition) is 5. The Hall–Kier alpha value is -1.47. The van der Waals surface area contributed by atoms with Gasteiger partial charge in [0.2, 0.25) is 5.76 Å². The molecule has 0 radical (unpaired) electrons. The number of aryl methyl sites for hydroxylation is 1. The molecule has 1 N–H and O–H groups in total. The van der Waals surface area contributed by atoms with Crippen LogP contribution in [0.15, 0.2) is 27.0 Å². The van der Waals surface area contributed by atoms with Gasteiger partial charge in [0.1, 0.15) is 0 Å². The minimum atomic E-state index is -1.40. The minimum absolute atomic E-state index is 0.160. The van der Waals surface area contributed by atoms with Gasteiger partial charge in [-0.2, -0.15) is 0 Å². The Labute approximate surface area is 104 Å². The van der Waals surface area contributed by atoms with E-state index in [1.54, 1.807) is 0 Å². The number of rotatable bonds is 4. The van der Waals surface area contributed by atoms with E-state index in [-0.39, 0.29) is 16.6 Å². The van der Waals surface area contributed by atoms with Crippen LogP contribution in [-0.4, -0.2) is 20.3 Å². The first-order chi connectivity index (χ1) is 8.06. The summed E-state index contributed by atoms with van der Waals surface area (Å²) in [7, 11) is -1.40. The summed E-state index contributed by atoms with van der Waals surface area (Å²) in [5.74, 6) is -1.14. The summed E-state index contributed by atoms with van der Waals surface area (Å²) >= 11 is 1.48. The van der Waals surface area contributed by atoms with Crippen LogP contribution in [0.2, 0.25) is 0 Å². The van der Waals surface area contributed by atoms with Crippen molar-refractivity contribution in [1.82, 2.24) is 4.98 Å². The van der Waals surface area contributed by atoms with E-state index in [2.05, 4.69) is 4.98 Å². The lowest BCUT2D eigenvalue weighted by Crippen LogP contribution is -1.96. The molecule has 2 rings (SSSR count). The Balaban J connectivity index is 2.11. The van der Waals surface area contributed by atoms with Crippen LogP contribution in [0.3, 0.4) is 0 Å². The molecular weight excluding hydrogens is 262 g/mol. The second-order valence-corrected chi connectivity index (χ2v) is 5.72. The summed E-state index contributed by atoms with van der Waals surface area (Å²) in [6, 6.07) is 2.71. The number of carbonyl (C=O) groups is 1. The molecule has 0 amide bonds. The first-order valence-electron chi connectivity index (χ1n) is 4.69. The number of carboxylic acids is 1. The molecule has 0 aromatic carbocycles. The third-order valence-corrected chi connectivity index (χ3v) is 4.01. The van der Waals surface area contributed by atoms with Crippen LogP contribution in [0.4, 0.5) is 0 Å². The molecule has 90 valence electrons. The summed E-state index contributed by atoms with van der Waals surface area (Å²) in [4.78, 5) is 14.8. The molecule has 0 aliphatic heterocycles. The average Bonchev–Trinajstić information content (AvgIpc) is 2.86. The van der Waals surface area contributed by atoms with Crippen molar-refractivity contribution in [2.45, 2.75) is 17.8 Å². The Morgan fingerprint density at radius 3 is 2.88 bits per heavy atom. The van der Waals surface area contributed by atoms with Gasteiger partial charge in [-0.05, 0) is 19.1 Å². The highest BCUT2D eigenvalue weighted by molar-refractivity contribution is 7.84.